The van der Waals surface area contributed by atoms with Crippen molar-refractivity contribution in [1.29, 1.82) is 0 Å². The molecule has 0 aliphatic heterocycles. The fourth-order valence-corrected chi connectivity index (χ4v) is 12.2. The molecule has 16 aromatic rings. The van der Waals surface area contributed by atoms with Gasteiger partial charge in [-0.1, -0.05) is 188 Å². The maximum absolute atomic E-state index is 8.87. The number of benzene rings is 12. The van der Waals surface area contributed by atoms with Crippen LogP contribution >= 0.6 is 22.6 Å². The van der Waals surface area contributed by atoms with Gasteiger partial charge in [0, 0.05) is 65.4 Å². The minimum absolute atomic E-state index is 0. The number of halogens is 1. The number of nitrogens with zero attached hydrogens (tertiary/aromatic N) is 6. The van der Waals surface area contributed by atoms with Gasteiger partial charge in [0.2, 0.25) is 0 Å². The molecule has 0 amide bonds. The molecule has 0 saturated carbocycles. The van der Waals surface area contributed by atoms with Crippen LogP contribution in [0.4, 0.5) is 0 Å². The minimum atomic E-state index is -1.43. The Bertz CT molecular complexity index is 4980. The van der Waals surface area contributed by atoms with Crippen LogP contribution in [0.25, 0.3) is 132 Å². The van der Waals surface area contributed by atoms with Gasteiger partial charge in [-0.25, -0.2) is 0 Å². The number of nitrogens with one attached hydrogen (secondary N) is 2. The molecule has 4 aromatic heterocycles. The Labute approximate surface area is 498 Å². The molecule has 0 bridgehead atoms. The molecule has 0 spiro atoms. The Kier molecular flexibility index (Phi) is 14.0. The monoisotopic (exact) mass is 1200 g/mol. The lowest BCUT2D eigenvalue weighted by molar-refractivity contribution is 0.426. The summed E-state index contributed by atoms with van der Waals surface area (Å²) < 4.78 is 4.93. The molecule has 12 aromatic carbocycles. The number of H-pyrrole nitrogens is 2. The second-order valence-corrected chi connectivity index (χ2v) is 21.8. The van der Waals surface area contributed by atoms with Crippen molar-refractivity contribution in [2.75, 3.05) is 0 Å². The van der Waals surface area contributed by atoms with E-state index in [1.165, 1.54) is 124 Å². The molecule has 0 fully saturated rings. The number of para-hydroxylation sites is 2. The first-order valence-corrected chi connectivity index (χ1v) is 28.6. The fourth-order valence-electron chi connectivity index (χ4n) is 11.4. The maximum Gasteiger partial charge on any atom is 0.488 e. The Morgan fingerprint density at radius 3 is 1.14 bits per heavy atom. The second kappa shape index (κ2) is 22.6. The van der Waals surface area contributed by atoms with Crippen molar-refractivity contribution >= 4 is 100 Å². The number of rotatable bonds is 8. The van der Waals surface area contributed by atoms with Crippen LogP contribution in [0.2, 0.25) is 0 Å². The first-order chi connectivity index (χ1) is 41.4. The van der Waals surface area contributed by atoms with Crippen LogP contribution in [0.3, 0.4) is 0 Å². The Morgan fingerprint density at radius 1 is 0.333 bits per heavy atom. The highest BCUT2D eigenvalue weighted by molar-refractivity contribution is 14.1. The van der Waals surface area contributed by atoms with Gasteiger partial charge < -0.3 is 20.0 Å². The summed E-state index contributed by atoms with van der Waals surface area (Å²) in [4.78, 5) is 7.04. The molecule has 0 aliphatic rings. The van der Waals surface area contributed by atoms with Gasteiger partial charge in [-0.3, -0.25) is 9.13 Å². The Hall–Kier alpha value is -10.2. The molecule has 16 rings (SSSR count). The lowest BCUT2D eigenvalue weighted by Crippen LogP contribution is -2.29. The number of aromatic nitrogens is 8. The summed E-state index contributed by atoms with van der Waals surface area (Å²) in [6, 6.07) is 89.8. The summed E-state index contributed by atoms with van der Waals surface area (Å²) in [5.74, 6) is 0. The van der Waals surface area contributed by atoms with E-state index in [2.05, 4.69) is 283 Å². The van der Waals surface area contributed by atoms with Crippen molar-refractivity contribution in [3.8, 4) is 67.0 Å². The Morgan fingerprint density at radius 2 is 0.690 bits per heavy atom. The van der Waals surface area contributed by atoms with Crippen LogP contribution in [0.15, 0.2) is 280 Å². The third kappa shape index (κ3) is 10.2. The van der Waals surface area contributed by atoms with Crippen molar-refractivity contribution in [2.24, 2.45) is 0 Å². The highest BCUT2D eigenvalue weighted by Gasteiger charge is 2.14. The van der Waals surface area contributed by atoms with E-state index in [0.717, 1.165) is 11.4 Å². The normalized spacial score (nSPS) is 11.3. The minimum Gasteiger partial charge on any atom is -0.423 e. The van der Waals surface area contributed by atoms with E-state index in [-0.39, 0.29) is 1.43 Å². The van der Waals surface area contributed by atoms with Gasteiger partial charge in [0.1, 0.15) is 25.3 Å². The van der Waals surface area contributed by atoms with Gasteiger partial charge in [-0.2, -0.15) is 0 Å². The van der Waals surface area contributed by atoms with Gasteiger partial charge in [0.15, 0.2) is 0 Å². The maximum atomic E-state index is 8.87. The highest BCUT2D eigenvalue weighted by atomic mass is 127. The van der Waals surface area contributed by atoms with Crippen LogP contribution in [0.1, 0.15) is 1.43 Å². The van der Waals surface area contributed by atoms with Crippen molar-refractivity contribution in [2.45, 2.75) is 0 Å². The van der Waals surface area contributed by atoms with E-state index < -0.39 is 7.12 Å². The van der Waals surface area contributed by atoms with Crippen LogP contribution in [0.5, 0.6) is 0 Å². The summed E-state index contributed by atoms with van der Waals surface area (Å²) in [6.07, 6.45) is 6.58. The van der Waals surface area contributed by atoms with Gasteiger partial charge in [0.05, 0.1) is 0 Å². The summed E-state index contributed by atoms with van der Waals surface area (Å²) in [7, 11) is -1.43. The van der Waals surface area contributed by atoms with Gasteiger partial charge in [-0.15, -0.1) is 20.4 Å². The summed E-state index contributed by atoms with van der Waals surface area (Å²) >= 11 is 2.44. The van der Waals surface area contributed by atoms with Gasteiger partial charge in [-0.05, 0) is 167 Å². The molecule has 12 heteroatoms. The molecule has 4 heterocycles. The first kappa shape index (κ1) is 51.9. The van der Waals surface area contributed by atoms with Crippen LogP contribution < -0.4 is 5.46 Å². The third-order valence-corrected chi connectivity index (χ3v) is 16.5. The molecule has 10 nitrogen and oxygen atoms in total. The predicted octanol–water partition coefficient (Wildman–Crippen LogP) is 16.7. The smallest absolute Gasteiger partial charge is 0.423 e. The number of aromatic amines is 2. The fraction of sp³-hybridized carbons (Fsp3) is 0. The predicted molar refractivity (Wildman–Crippen MR) is 355 cm³/mol. The topological polar surface area (TPSA) is 133 Å². The molecule has 0 aliphatic carbocycles. The zero-order valence-corrected chi connectivity index (χ0v) is 47.2. The van der Waals surface area contributed by atoms with Crippen LogP contribution in [-0.2, 0) is 0 Å². The summed E-state index contributed by atoms with van der Waals surface area (Å²) in [5.41, 5.74) is 19.4. The van der Waals surface area contributed by atoms with Gasteiger partial charge >= 0.3 is 7.12 Å². The zero-order chi connectivity index (χ0) is 56.5. The third-order valence-electron chi connectivity index (χ3n) is 15.6. The number of hydrogen-bond donors (Lipinski definition) is 4. The highest BCUT2D eigenvalue weighted by Crippen LogP contribution is 2.39. The lowest BCUT2D eigenvalue weighted by Gasteiger charge is -2.14. The molecule has 4 N–H and O–H groups in total. The SMILES string of the molecule is Ic1cccc2cccc(-c3ccc(-c4ccc5[nH]c6ccccc6c5c4)cc3)c12.OB(O)c1ccc(-n2cnnc2)cc1.[2HH].c1cc(-c2ccc(-c3ccc4[nH]c5ccccc5c4c3)cc2)c2c(-c3ccc(-n4cnnc4)cc3)cccc2c1. The lowest BCUT2D eigenvalue weighted by atomic mass is 9.80. The summed E-state index contributed by atoms with van der Waals surface area (Å²) in [6.45, 7) is 0. The van der Waals surface area contributed by atoms with Crippen LogP contribution in [0, 0.1) is 3.57 Å². The standard InChI is InChI=1S/C36H24N4.C28H18IN.C8H8BN3O2.H2/c1-2-10-34-32(7-1)33-21-28(17-20-35(33)39-34)24-11-13-25(14-12-24)30-8-3-5-27-6-4-9-31(36(27)30)26-15-18-29(19-16-26)40-22-37-38-23-40;29-25-9-4-6-20-5-3-8-22(28(20)25)19-13-11-18(12-14-19)21-15-16-27-24(17-21)23-7-1-2-10-26(23)30-27;13-9(14)7-1-3-8(4-2-7)12-5-10-11-6-12;/h1-23,39H;1-17,30H;1-6,13-14H;1H/i;;;1+1. The molecule has 402 valence electrons. The van der Waals surface area contributed by atoms with E-state index in [9.17, 15) is 0 Å². The molecule has 0 unspecified atom stereocenters. The summed E-state index contributed by atoms with van der Waals surface area (Å²) in [5, 5.41) is 43.1. The van der Waals surface area contributed by atoms with E-state index in [1.54, 1.807) is 54.1 Å². The van der Waals surface area contributed by atoms with Crippen molar-refractivity contribution in [1.82, 2.24) is 39.5 Å². The van der Waals surface area contributed by atoms with E-state index in [0.29, 0.717) is 5.46 Å². The van der Waals surface area contributed by atoms with Crippen molar-refractivity contribution < 1.29 is 11.5 Å². The largest absolute Gasteiger partial charge is 0.488 e. The zero-order valence-electron chi connectivity index (χ0n) is 45.1. The molecule has 0 radical (unpaired) electrons. The van der Waals surface area contributed by atoms with Gasteiger partial charge in [0.25, 0.3) is 0 Å². The number of hydrogen-bond acceptors (Lipinski definition) is 6. The average Bonchev–Trinajstić information content (AvgIpc) is 4.52. The quantitative estimate of drug-likeness (QED) is 0.0885. The van der Waals surface area contributed by atoms with Crippen LogP contribution in [-0.4, -0.2) is 56.7 Å². The van der Waals surface area contributed by atoms with Crippen molar-refractivity contribution in [3.63, 3.8) is 0 Å². The van der Waals surface area contributed by atoms with E-state index in [4.69, 9.17) is 10.0 Å². The molecule has 84 heavy (non-hydrogen) atoms. The number of fused-ring (bicyclic) bond motifs is 8. The van der Waals surface area contributed by atoms with E-state index >= 15 is 0 Å². The molecular formula is C72H52BIN8O2. The van der Waals surface area contributed by atoms with Crippen molar-refractivity contribution in [3.05, 3.63) is 284 Å². The molecule has 0 atom stereocenters. The Balaban J connectivity index is 0.000000131. The van der Waals surface area contributed by atoms with E-state index in [1.807, 2.05) is 4.57 Å². The molecule has 0 saturated heterocycles. The first-order valence-electron chi connectivity index (χ1n) is 27.5. The average molecular weight is 1200 g/mol. The molecular weight excluding hydrogens is 1150 g/mol. The second-order valence-electron chi connectivity index (χ2n) is 20.6.